The molecule has 18 N–H and O–H groups in total. The van der Waals surface area contributed by atoms with Crippen LogP contribution in [0.25, 0.3) is 0 Å². The highest BCUT2D eigenvalue weighted by Crippen LogP contribution is 2.18. The molecule has 0 saturated heterocycles. The van der Waals surface area contributed by atoms with E-state index in [1.54, 1.807) is 78.9 Å². The lowest BCUT2D eigenvalue weighted by Gasteiger charge is -2.11. The summed E-state index contributed by atoms with van der Waals surface area (Å²) in [6, 6.07) is 52.5. The molecule has 9 amide bonds. The fourth-order valence-corrected chi connectivity index (χ4v) is 8.01. The summed E-state index contributed by atoms with van der Waals surface area (Å²) in [5.74, 6) is -2.64. The summed E-state index contributed by atoms with van der Waals surface area (Å²) in [6.07, 6.45) is 0. The van der Waals surface area contributed by atoms with E-state index in [2.05, 4.69) is 56.4 Å². The van der Waals surface area contributed by atoms with Crippen molar-refractivity contribution in [1.82, 2.24) is 21.3 Å². The van der Waals surface area contributed by atoms with Crippen LogP contribution in [0, 0.1) is 4.91 Å². The van der Waals surface area contributed by atoms with Crippen LogP contribution in [0.3, 0.4) is 0 Å². The Kier molecular flexibility index (Phi) is 32.2. The van der Waals surface area contributed by atoms with Crippen molar-refractivity contribution >= 4 is 87.8 Å². The predicted molar refractivity (Wildman–Crippen MR) is 361 cm³/mol. The third-order valence-electron chi connectivity index (χ3n) is 12.2. The van der Waals surface area contributed by atoms with Crippen molar-refractivity contribution in [1.29, 1.82) is 0 Å². The lowest BCUT2D eigenvalue weighted by atomic mass is 10.1. The van der Waals surface area contributed by atoms with Crippen LogP contribution in [0.5, 0.6) is 0 Å². The van der Waals surface area contributed by atoms with E-state index in [4.69, 9.17) is 28.0 Å². The number of nitrogens with two attached hydrogens (primary N) is 4. The van der Waals surface area contributed by atoms with E-state index in [0.717, 1.165) is 35.5 Å². The molecule has 0 radical (unpaired) electrons. The Bertz CT molecular complexity index is 3870. The second-order valence-corrected chi connectivity index (χ2v) is 20.2. The van der Waals surface area contributed by atoms with Crippen molar-refractivity contribution in [3.05, 3.63) is 255 Å². The number of urea groups is 3. The molecule has 0 aromatic heterocycles. The number of carbonyl (C=O) groups is 9. The Morgan fingerprint density at radius 2 is 0.766 bits per heavy atom. The van der Waals surface area contributed by atoms with Gasteiger partial charge in [-0.15, -0.1) is 4.91 Å². The van der Waals surface area contributed by atoms with Gasteiger partial charge in [-0.3, -0.25) is 14.4 Å². The zero-order chi connectivity index (χ0) is 68.4. The van der Waals surface area contributed by atoms with Crippen molar-refractivity contribution in [2.45, 2.75) is 26.2 Å². The highest BCUT2D eigenvalue weighted by molar-refractivity contribution is 6.05. The number of rotatable bonds is 19. The van der Waals surface area contributed by atoms with Gasteiger partial charge in [-0.05, 0) is 177 Å². The summed E-state index contributed by atoms with van der Waals surface area (Å²) < 4.78 is 8.97. The minimum Gasteiger partial charge on any atom is -0.478 e. The van der Waals surface area contributed by atoms with E-state index >= 15 is 0 Å². The Morgan fingerprint density at radius 1 is 0.415 bits per heavy atom. The topological polar surface area (TPSA) is 439 Å². The number of primary amides is 3. The molecule has 8 aromatic rings. The first-order valence-electron chi connectivity index (χ1n) is 28.0. The second-order valence-electron chi connectivity index (χ2n) is 20.2. The smallest absolute Gasteiger partial charge is 0.337 e. The Morgan fingerprint density at radius 3 is 1.16 bits per heavy atom. The third-order valence-corrected chi connectivity index (χ3v) is 12.2. The molecule has 0 atom stereocenters. The van der Waals surface area contributed by atoms with E-state index in [1.807, 2.05) is 101 Å². The Balaban J connectivity index is 0.000000326. The minimum atomic E-state index is -1.05. The van der Waals surface area contributed by atoms with Crippen molar-refractivity contribution in [2.75, 3.05) is 69.0 Å². The van der Waals surface area contributed by atoms with Gasteiger partial charge in [0.15, 0.2) is 0 Å². The van der Waals surface area contributed by atoms with Gasteiger partial charge in [-0.1, -0.05) is 72.8 Å². The number of hydrogen-bond donors (Lipinski definition) is 12. The number of ether oxygens (including phenoxy) is 2. The Hall–Kier alpha value is -12.2. The standard InChI is InChI=1S/C25H27N5O3.C17H21N3O.C9H10N2O3.C8H8N2O3.C8H7NO3.H3N/c1-30(2)16-17-9-11-21(12-10-17)28-24(32)19-6-3-5-18(13-19)15-27-23(31)20-7-4-8-22(14-20)29-25(26)33;1-20(2)12-13-6-8-16(9-7-13)19-17(21)15-5-3-4-14(10-15)11-18;1-14-8(12)6-3-2-4-7(5-6)11-9(10)13;9-8(13)10-6-3-1-2-5(4-6)7(11)12;1-12-8(10)6-3-2-4-7(5-6)9-11;/h3-14H,15-16H2,1-2H3,(H,27,31)(H,28,32)(H3,26,29,33);3-10H,11-12,18H2,1-2H3,(H,19,21);2-5H,1H3,(H3,10,11,13);1-4H,(H,11,12)(H3,9,10,13);2-5H,1H3;1H3. The molecule has 0 aliphatic carbocycles. The van der Waals surface area contributed by atoms with Crippen LogP contribution in [-0.4, -0.2) is 111 Å². The molecule has 0 saturated carbocycles. The van der Waals surface area contributed by atoms with Crippen LogP contribution >= 0.6 is 0 Å². The number of hydrogen-bond acceptors (Lipinski definition) is 17. The molecule has 0 spiro atoms. The van der Waals surface area contributed by atoms with Gasteiger partial charge in [-0.2, -0.15) is 0 Å². The maximum Gasteiger partial charge on any atom is 0.337 e. The summed E-state index contributed by atoms with van der Waals surface area (Å²) in [6.45, 7) is 2.38. The molecular weight excluding hydrogens is 1210 g/mol. The molecule has 94 heavy (non-hydrogen) atoms. The average molecular weight is 1290 g/mol. The SMILES string of the molecule is CN(C)Cc1ccc(NC(=O)c2cccc(CN)c2)cc1.CN(C)Cc1ccc(NC(=O)c2cccc(CNC(=O)c3cccc(NC(N)=O)c3)c2)cc1.COC(=O)c1cccc(N=O)c1.COC(=O)c1cccc(NC(N)=O)c1.N.NC(=O)Nc1cccc(C(=O)O)c1. The molecule has 0 fully saturated rings. The largest absolute Gasteiger partial charge is 0.478 e. The molecule has 0 aliphatic rings. The van der Waals surface area contributed by atoms with E-state index < -0.39 is 36.0 Å². The molecule has 492 valence electrons. The van der Waals surface area contributed by atoms with Gasteiger partial charge in [0.05, 0.1) is 30.9 Å². The first-order valence-corrected chi connectivity index (χ1v) is 28.0. The fraction of sp³-hybridized carbons (Fsp3) is 0.149. The molecule has 27 nitrogen and oxygen atoms in total. The van der Waals surface area contributed by atoms with Crippen LogP contribution in [0.2, 0.25) is 0 Å². The molecule has 0 heterocycles. The number of anilines is 5. The summed E-state index contributed by atoms with van der Waals surface area (Å²) in [5, 5.41) is 27.0. The van der Waals surface area contributed by atoms with E-state index in [0.29, 0.717) is 57.1 Å². The van der Waals surface area contributed by atoms with Gasteiger partial charge < -0.3 is 85.4 Å². The molecule has 0 unspecified atom stereocenters. The number of aromatic carboxylic acids is 1. The van der Waals surface area contributed by atoms with Crippen LogP contribution < -0.4 is 61.0 Å². The number of carboxylic acids is 1. The third kappa shape index (κ3) is 28.1. The Labute approximate surface area is 542 Å². The summed E-state index contributed by atoms with van der Waals surface area (Å²) >= 11 is 0. The summed E-state index contributed by atoms with van der Waals surface area (Å²) in [5.41, 5.74) is 29.8. The van der Waals surface area contributed by atoms with Crippen molar-refractivity contribution in [3.63, 3.8) is 0 Å². The maximum absolute atomic E-state index is 12.7. The van der Waals surface area contributed by atoms with Crippen LogP contribution in [0.1, 0.15) is 84.4 Å². The number of nitrogens with zero attached hydrogens (tertiary/aromatic N) is 3. The quantitative estimate of drug-likeness (QED) is 0.0264. The van der Waals surface area contributed by atoms with Gasteiger partial charge in [-0.25, -0.2) is 28.8 Å². The molecule has 27 heteroatoms. The van der Waals surface area contributed by atoms with Crippen LogP contribution in [0.4, 0.5) is 48.5 Å². The lowest BCUT2D eigenvalue weighted by molar-refractivity contribution is 0.0592. The van der Waals surface area contributed by atoms with Crippen LogP contribution in [0.15, 0.2) is 199 Å². The number of methoxy groups -OCH3 is 2. The van der Waals surface area contributed by atoms with E-state index in [-0.39, 0.29) is 41.7 Å². The van der Waals surface area contributed by atoms with Gasteiger partial charge in [0.2, 0.25) is 0 Å². The van der Waals surface area contributed by atoms with Gasteiger partial charge >= 0.3 is 36.0 Å². The number of carbonyl (C=O) groups excluding carboxylic acids is 8. The van der Waals surface area contributed by atoms with Crippen LogP contribution in [-0.2, 0) is 35.7 Å². The fourth-order valence-electron chi connectivity index (χ4n) is 8.01. The monoisotopic (exact) mass is 1280 g/mol. The molecule has 8 aromatic carbocycles. The summed E-state index contributed by atoms with van der Waals surface area (Å²) in [7, 11) is 10.6. The second kappa shape index (κ2) is 39.8. The molecular formula is C67H76N14O13. The van der Waals surface area contributed by atoms with Gasteiger partial charge in [0.1, 0.15) is 5.69 Å². The van der Waals surface area contributed by atoms with Crippen molar-refractivity contribution < 1.29 is 57.7 Å². The first-order chi connectivity index (χ1) is 44.4. The van der Waals surface area contributed by atoms with E-state index in [1.165, 1.54) is 62.2 Å². The average Bonchev–Trinajstić information content (AvgIpc) is 1.20. The lowest BCUT2D eigenvalue weighted by Crippen LogP contribution is -2.24. The highest BCUT2D eigenvalue weighted by Gasteiger charge is 2.13. The minimum absolute atomic E-state index is 0. The number of benzene rings is 8. The number of nitroso groups, excluding NO2 is 1. The van der Waals surface area contributed by atoms with Crippen molar-refractivity contribution in [2.24, 2.45) is 28.1 Å². The number of esters is 2. The van der Waals surface area contributed by atoms with Gasteiger partial charge in [0.25, 0.3) is 17.7 Å². The predicted octanol–water partition coefficient (Wildman–Crippen LogP) is 9.75. The van der Waals surface area contributed by atoms with Crippen molar-refractivity contribution in [3.8, 4) is 0 Å². The molecule has 0 bridgehead atoms. The number of carboxylic acid groups (broad SMARTS) is 1. The first kappa shape index (κ1) is 76.1. The molecule has 8 rings (SSSR count). The summed E-state index contributed by atoms with van der Waals surface area (Å²) in [4.78, 5) is 116. The normalized spacial score (nSPS) is 9.88. The molecule has 0 aliphatic heterocycles. The zero-order valence-corrected chi connectivity index (χ0v) is 52.5. The maximum atomic E-state index is 12.7. The highest BCUT2D eigenvalue weighted by atomic mass is 16.5. The van der Waals surface area contributed by atoms with Gasteiger partial charge in [0, 0.05) is 71.3 Å². The number of nitrogens with one attached hydrogen (secondary N) is 6. The van der Waals surface area contributed by atoms with E-state index in [9.17, 15) is 48.1 Å². The number of amides is 9. The zero-order valence-electron chi connectivity index (χ0n) is 52.5.